The first-order chi connectivity index (χ1) is 12.8. The van der Waals surface area contributed by atoms with Crippen LogP contribution in [0.1, 0.15) is 39.3 Å². The third-order valence-electron chi connectivity index (χ3n) is 4.18. The second-order valence-electron chi connectivity index (χ2n) is 7.61. The minimum Gasteiger partial charge on any atom is -0.444 e. The van der Waals surface area contributed by atoms with Gasteiger partial charge in [0.25, 0.3) is 0 Å². The van der Waals surface area contributed by atoms with E-state index < -0.39 is 5.60 Å². The molecule has 0 unspecified atom stereocenters. The fraction of sp³-hybridized carbons (Fsp3) is 0.400. The molecule has 1 aromatic carbocycles. The Morgan fingerprint density at radius 3 is 2.67 bits per heavy atom. The van der Waals surface area contributed by atoms with Gasteiger partial charge < -0.3 is 15.8 Å². The van der Waals surface area contributed by atoms with Gasteiger partial charge in [-0.1, -0.05) is 12.1 Å². The van der Waals surface area contributed by atoms with Crippen LogP contribution in [0.4, 0.5) is 4.79 Å². The van der Waals surface area contributed by atoms with Gasteiger partial charge >= 0.3 is 6.09 Å². The molecule has 0 saturated heterocycles. The number of alkyl carbamates (subject to hydrolysis) is 1. The number of rotatable bonds is 4. The normalized spacial score (nSPS) is 20.5. The van der Waals surface area contributed by atoms with Crippen molar-refractivity contribution in [2.75, 3.05) is 0 Å². The summed E-state index contributed by atoms with van der Waals surface area (Å²) in [5.74, 6) is 0. The first-order valence-electron chi connectivity index (χ1n) is 9.01. The predicted octanol–water partition coefficient (Wildman–Crippen LogP) is 3.06. The molecule has 0 aliphatic heterocycles. The molecule has 1 aliphatic rings. The number of aromatic nitrogens is 2. The Hall–Kier alpha value is -2.96. The number of ether oxygens (including phenoxy) is 1. The summed E-state index contributed by atoms with van der Waals surface area (Å²) in [4.78, 5) is 25.3. The van der Waals surface area contributed by atoms with Crippen molar-refractivity contribution in [1.29, 1.82) is 0 Å². The number of fused-ring (bicyclic) bond motifs is 1. The van der Waals surface area contributed by atoms with E-state index in [1.165, 1.54) is 6.20 Å². The molecular formula is C20H25N5O2. The third-order valence-corrected chi connectivity index (χ3v) is 4.18. The maximum absolute atomic E-state index is 11.8. The highest BCUT2D eigenvalue weighted by Crippen LogP contribution is 2.24. The molecule has 7 heteroatoms. The van der Waals surface area contributed by atoms with E-state index in [2.05, 4.69) is 20.3 Å². The van der Waals surface area contributed by atoms with Crippen LogP contribution < -0.4 is 11.1 Å². The summed E-state index contributed by atoms with van der Waals surface area (Å²) >= 11 is 0. The molecule has 1 fully saturated rings. The molecule has 3 N–H and O–H groups in total. The number of nitrogens with one attached hydrogen (secondary N) is 1. The third kappa shape index (κ3) is 5.03. The number of carbonyl (C=O) groups excluding carboxylic acids is 1. The lowest BCUT2D eigenvalue weighted by atomic mass is 9.87. The van der Waals surface area contributed by atoms with E-state index >= 15 is 0 Å². The van der Waals surface area contributed by atoms with Gasteiger partial charge in [-0.15, -0.1) is 0 Å². The topological polar surface area (TPSA) is 102 Å². The molecule has 2 aromatic rings. The number of nitrogens with zero attached hydrogens (tertiary/aromatic N) is 3. The lowest BCUT2D eigenvalue weighted by molar-refractivity contribution is 0.0473. The van der Waals surface area contributed by atoms with Crippen LogP contribution in [0.25, 0.3) is 16.6 Å². The summed E-state index contributed by atoms with van der Waals surface area (Å²) in [6, 6.07) is 7.91. The number of allylic oxidation sites excluding steroid dienone is 1. The highest BCUT2D eigenvalue weighted by Gasteiger charge is 2.31. The Kier molecular flexibility index (Phi) is 5.39. The van der Waals surface area contributed by atoms with Crippen LogP contribution in [-0.4, -0.2) is 40.0 Å². The Bertz CT molecular complexity index is 879. The van der Waals surface area contributed by atoms with Crippen LogP contribution in [0, 0.1) is 0 Å². The molecule has 0 bridgehead atoms. The van der Waals surface area contributed by atoms with Crippen molar-refractivity contribution >= 4 is 28.9 Å². The number of amides is 1. The van der Waals surface area contributed by atoms with Gasteiger partial charge in [-0.05, 0) is 45.7 Å². The smallest absolute Gasteiger partial charge is 0.407 e. The van der Waals surface area contributed by atoms with Gasteiger partial charge in [0.1, 0.15) is 5.60 Å². The average Bonchev–Trinajstić information content (AvgIpc) is 2.58. The van der Waals surface area contributed by atoms with E-state index in [4.69, 9.17) is 10.5 Å². The quantitative estimate of drug-likeness (QED) is 0.809. The predicted molar refractivity (Wildman–Crippen MR) is 106 cm³/mol. The molecule has 1 amide bonds. The van der Waals surface area contributed by atoms with Crippen LogP contribution >= 0.6 is 0 Å². The second kappa shape index (κ2) is 7.73. The SMILES string of the molecule is CC(C)(C)OC(=O)NC1CC(N=CC(=CN)c2cnc3ccccc3n2)C1. The first kappa shape index (κ1) is 18.8. The van der Waals surface area contributed by atoms with Crippen LogP contribution in [0.3, 0.4) is 0 Å². The summed E-state index contributed by atoms with van der Waals surface area (Å²) in [7, 11) is 0. The summed E-state index contributed by atoms with van der Waals surface area (Å²) in [6.45, 7) is 5.53. The zero-order valence-corrected chi connectivity index (χ0v) is 15.8. The number of nitrogens with two attached hydrogens (primary N) is 1. The average molecular weight is 367 g/mol. The minimum absolute atomic E-state index is 0.0905. The Labute approximate surface area is 158 Å². The van der Waals surface area contributed by atoms with Crippen LogP contribution in [0.5, 0.6) is 0 Å². The van der Waals surface area contributed by atoms with Crippen molar-refractivity contribution in [3.63, 3.8) is 0 Å². The van der Waals surface area contributed by atoms with E-state index in [9.17, 15) is 4.79 Å². The van der Waals surface area contributed by atoms with Crippen molar-refractivity contribution in [2.24, 2.45) is 10.7 Å². The van der Waals surface area contributed by atoms with Crippen molar-refractivity contribution in [3.8, 4) is 0 Å². The largest absolute Gasteiger partial charge is 0.444 e. The van der Waals surface area contributed by atoms with Crippen LogP contribution in [0.15, 0.2) is 41.7 Å². The van der Waals surface area contributed by atoms with Gasteiger partial charge in [-0.3, -0.25) is 9.98 Å². The molecule has 7 nitrogen and oxygen atoms in total. The van der Waals surface area contributed by atoms with E-state index in [0.29, 0.717) is 5.69 Å². The van der Waals surface area contributed by atoms with Gasteiger partial charge in [-0.2, -0.15) is 0 Å². The van der Waals surface area contributed by atoms with Gasteiger partial charge in [0.05, 0.1) is 29.0 Å². The summed E-state index contributed by atoms with van der Waals surface area (Å²) in [5, 5.41) is 2.86. The molecule has 3 rings (SSSR count). The maximum atomic E-state index is 11.8. The highest BCUT2D eigenvalue weighted by molar-refractivity contribution is 6.09. The van der Waals surface area contributed by atoms with Crippen molar-refractivity contribution in [3.05, 3.63) is 42.4 Å². The number of aliphatic imine (C=N–C) groups is 1. The summed E-state index contributed by atoms with van der Waals surface area (Å²) < 4.78 is 5.26. The Morgan fingerprint density at radius 2 is 2.00 bits per heavy atom. The van der Waals surface area contributed by atoms with E-state index in [-0.39, 0.29) is 18.2 Å². The molecule has 0 spiro atoms. The molecule has 0 radical (unpaired) electrons. The van der Waals surface area contributed by atoms with Crippen molar-refractivity contribution in [1.82, 2.24) is 15.3 Å². The van der Waals surface area contributed by atoms with E-state index in [1.54, 1.807) is 12.4 Å². The van der Waals surface area contributed by atoms with Gasteiger partial charge in [-0.25, -0.2) is 9.78 Å². The van der Waals surface area contributed by atoms with Crippen LogP contribution in [0.2, 0.25) is 0 Å². The van der Waals surface area contributed by atoms with Crippen LogP contribution in [-0.2, 0) is 4.74 Å². The number of carbonyl (C=O) groups is 1. The fourth-order valence-electron chi connectivity index (χ4n) is 2.78. The molecule has 1 aliphatic carbocycles. The van der Waals surface area contributed by atoms with Gasteiger partial charge in [0.15, 0.2) is 0 Å². The molecule has 0 atom stereocenters. The zero-order chi connectivity index (χ0) is 19.4. The van der Waals surface area contributed by atoms with Crippen molar-refractivity contribution in [2.45, 2.75) is 51.3 Å². The number of benzene rings is 1. The maximum Gasteiger partial charge on any atom is 0.407 e. The van der Waals surface area contributed by atoms with Gasteiger partial charge in [0, 0.05) is 24.0 Å². The monoisotopic (exact) mass is 367 g/mol. The van der Waals surface area contributed by atoms with Crippen molar-refractivity contribution < 1.29 is 9.53 Å². The molecular weight excluding hydrogens is 342 g/mol. The molecule has 142 valence electrons. The molecule has 1 aromatic heterocycles. The molecule has 1 heterocycles. The Balaban J connectivity index is 1.55. The second-order valence-corrected chi connectivity index (χ2v) is 7.61. The fourth-order valence-corrected chi connectivity index (χ4v) is 2.78. The number of para-hydroxylation sites is 2. The first-order valence-corrected chi connectivity index (χ1v) is 9.01. The van der Waals surface area contributed by atoms with E-state index in [0.717, 1.165) is 29.4 Å². The van der Waals surface area contributed by atoms with Gasteiger partial charge in [0.2, 0.25) is 0 Å². The van der Waals surface area contributed by atoms with E-state index in [1.807, 2.05) is 45.0 Å². The lowest BCUT2D eigenvalue weighted by Crippen LogP contribution is -2.47. The minimum atomic E-state index is -0.493. The Morgan fingerprint density at radius 1 is 1.30 bits per heavy atom. The lowest BCUT2D eigenvalue weighted by Gasteiger charge is -2.33. The molecule has 1 saturated carbocycles. The summed E-state index contributed by atoms with van der Waals surface area (Å²) in [5.41, 5.74) is 8.31. The standard InChI is InChI=1S/C20H25N5O2/c1-20(2,3)27-19(26)24-15-8-14(9-15)22-11-13(10-21)18-12-23-16-6-4-5-7-17(16)25-18/h4-7,10-12,14-15H,8-9,21H2,1-3H3,(H,24,26). The molecule has 27 heavy (non-hydrogen) atoms. The summed E-state index contributed by atoms with van der Waals surface area (Å²) in [6.07, 6.45) is 6.07. The highest BCUT2D eigenvalue weighted by atomic mass is 16.6. The zero-order valence-electron chi connectivity index (χ0n) is 15.8. The number of hydrogen-bond donors (Lipinski definition) is 2. The number of hydrogen-bond acceptors (Lipinski definition) is 6.